The third-order valence-electron chi connectivity index (χ3n) is 2.96. The molecule has 2 N–H and O–H groups in total. The molecule has 0 aromatic rings. The molecule has 0 spiro atoms. The van der Waals surface area contributed by atoms with Crippen molar-refractivity contribution >= 4 is 5.91 Å². The van der Waals surface area contributed by atoms with E-state index in [0.29, 0.717) is 13.1 Å². The predicted molar refractivity (Wildman–Crippen MR) is 71.0 cm³/mol. The standard InChI is InChI=1S/C13H25N3O/c1-3-7-14-10-13(17)15-12(2)11-16-8-5-4-6-9-16/h3,12,14H,1,4-11H2,2H3,(H,15,17). The lowest BCUT2D eigenvalue weighted by molar-refractivity contribution is -0.120. The SMILES string of the molecule is C=CCNCC(=O)NC(C)CN1CCCCC1. The molecular weight excluding hydrogens is 214 g/mol. The minimum Gasteiger partial charge on any atom is -0.351 e. The van der Waals surface area contributed by atoms with Crippen LogP contribution in [0.3, 0.4) is 0 Å². The monoisotopic (exact) mass is 239 g/mol. The maximum atomic E-state index is 11.5. The van der Waals surface area contributed by atoms with Crippen LogP contribution in [-0.2, 0) is 4.79 Å². The first kappa shape index (κ1) is 14.2. The molecular formula is C13H25N3O. The van der Waals surface area contributed by atoms with Gasteiger partial charge in [0.05, 0.1) is 6.54 Å². The van der Waals surface area contributed by atoms with Crippen molar-refractivity contribution in [3.8, 4) is 0 Å². The average molecular weight is 239 g/mol. The molecule has 0 aliphatic carbocycles. The van der Waals surface area contributed by atoms with E-state index in [1.165, 1.54) is 32.4 Å². The van der Waals surface area contributed by atoms with Crippen molar-refractivity contribution < 1.29 is 4.79 Å². The van der Waals surface area contributed by atoms with E-state index < -0.39 is 0 Å². The Morgan fingerprint density at radius 2 is 2.12 bits per heavy atom. The smallest absolute Gasteiger partial charge is 0.234 e. The van der Waals surface area contributed by atoms with Crippen LogP contribution in [0.2, 0.25) is 0 Å². The fourth-order valence-corrected chi connectivity index (χ4v) is 2.19. The molecule has 4 nitrogen and oxygen atoms in total. The van der Waals surface area contributed by atoms with E-state index in [1.807, 2.05) is 0 Å². The molecule has 98 valence electrons. The van der Waals surface area contributed by atoms with Gasteiger partial charge in [-0.1, -0.05) is 12.5 Å². The van der Waals surface area contributed by atoms with E-state index in [4.69, 9.17) is 0 Å². The van der Waals surface area contributed by atoms with Crippen LogP contribution in [0.25, 0.3) is 0 Å². The van der Waals surface area contributed by atoms with E-state index in [1.54, 1.807) is 6.08 Å². The maximum absolute atomic E-state index is 11.5. The van der Waals surface area contributed by atoms with Crippen molar-refractivity contribution in [1.29, 1.82) is 0 Å². The number of likely N-dealkylation sites (tertiary alicyclic amines) is 1. The zero-order chi connectivity index (χ0) is 12.5. The number of amides is 1. The highest BCUT2D eigenvalue weighted by molar-refractivity contribution is 5.78. The molecule has 0 aromatic heterocycles. The summed E-state index contributed by atoms with van der Waals surface area (Å²) >= 11 is 0. The van der Waals surface area contributed by atoms with Crippen molar-refractivity contribution in [1.82, 2.24) is 15.5 Å². The van der Waals surface area contributed by atoms with Gasteiger partial charge in [-0.05, 0) is 32.9 Å². The van der Waals surface area contributed by atoms with Gasteiger partial charge < -0.3 is 15.5 Å². The largest absolute Gasteiger partial charge is 0.351 e. The second-order valence-electron chi connectivity index (χ2n) is 4.75. The van der Waals surface area contributed by atoms with E-state index in [2.05, 4.69) is 29.0 Å². The number of rotatable bonds is 7. The van der Waals surface area contributed by atoms with Crippen LogP contribution in [0.1, 0.15) is 26.2 Å². The third-order valence-corrected chi connectivity index (χ3v) is 2.96. The van der Waals surface area contributed by atoms with Crippen molar-refractivity contribution in [3.05, 3.63) is 12.7 Å². The van der Waals surface area contributed by atoms with Crippen molar-refractivity contribution in [2.75, 3.05) is 32.7 Å². The Kier molecular flexibility index (Phi) is 6.89. The minimum atomic E-state index is 0.0661. The zero-order valence-electron chi connectivity index (χ0n) is 10.9. The predicted octanol–water partition coefficient (Wildman–Crippen LogP) is 0.753. The molecule has 0 aromatic carbocycles. The van der Waals surface area contributed by atoms with E-state index >= 15 is 0 Å². The Labute approximate surface area is 104 Å². The Balaban J connectivity index is 2.12. The molecule has 0 bridgehead atoms. The number of carbonyl (C=O) groups is 1. The number of nitrogens with one attached hydrogen (secondary N) is 2. The number of nitrogens with zero attached hydrogens (tertiary/aromatic N) is 1. The molecule has 1 amide bonds. The van der Waals surface area contributed by atoms with E-state index in [0.717, 1.165) is 6.54 Å². The van der Waals surface area contributed by atoms with Gasteiger partial charge in [0.1, 0.15) is 0 Å². The first-order chi connectivity index (χ1) is 8.22. The second-order valence-corrected chi connectivity index (χ2v) is 4.75. The van der Waals surface area contributed by atoms with Gasteiger partial charge >= 0.3 is 0 Å². The summed E-state index contributed by atoms with van der Waals surface area (Å²) in [5, 5.41) is 6.01. The normalized spacial score (nSPS) is 18.6. The summed E-state index contributed by atoms with van der Waals surface area (Å²) in [5.41, 5.74) is 0. The molecule has 1 atom stereocenters. The summed E-state index contributed by atoms with van der Waals surface area (Å²) in [6.07, 6.45) is 5.69. The summed E-state index contributed by atoms with van der Waals surface area (Å²) in [4.78, 5) is 14.0. The fourth-order valence-electron chi connectivity index (χ4n) is 2.19. The van der Waals surface area contributed by atoms with Crippen molar-refractivity contribution in [2.45, 2.75) is 32.2 Å². The molecule has 0 radical (unpaired) electrons. The third kappa shape index (κ3) is 6.44. The number of hydrogen-bond donors (Lipinski definition) is 2. The van der Waals surface area contributed by atoms with Gasteiger partial charge in [0, 0.05) is 19.1 Å². The molecule has 1 saturated heterocycles. The molecule has 17 heavy (non-hydrogen) atoms. The van der Waals surface area contributed by atoms with Crippen LogP contribution in [0.5, 0.6) is 0 Å². The highest BCUT2D eigenvalue weighted by Gasteiger charge is 2.14. The van der Waals surface area contributed by atoms with Gasteiger partial charge in [-0.3, -0.25) is 4.79 Å². The molecule has 1 rings (SSSR count). The topological polar surface area (TPSA) is 44.4 Å². The van der Waals surface area contributed by atoms with Crippen LogP contribution in [0.15, 0.2) is 12.7 Å². The Bertz CT molecular complexity index is 237. The molecule has 1 heterocycles. The summed E-state index contributed by atoms with van der Waals surface area (Å²) < 4.78 is 0. The highest BCUT2D eigenvalue weighted by Crippen LogP contribution is 2.08. The molecule has 0 saturated carbocycles. The van der Waals surface area contributed by atoms with Crippen molar-refractivity contribution in [2.24, 2.45) is 0 Å². The lowest BCUT2D eigenvalue weighted by Crippen LogP contribution is -2.46. The molecule has 1 aliphatic heterocycles. The van der Waals surface area contributed by atoms with Gasteiger partial charge in [-0.15, -0.1) is 6.58 Å². The molecule has 1 unspecified atom stereocenters. The van der Waals surface area contributed by atoms with Gasteiger partial charge in [0.25, 0.3) is 0 Å². The van der Waals surface area contributed by atoms with Crippen LogP contribution >= 0.6 is 0 Å². The average Bonchev–Trinajstić information content (AvgIpc) is 2.30. The van der Waals surface area contributed by atoms with Crippen LogP contribution in [0.4, 0.5) is 0 Å². The zero-order valence-corrected chi connectivity index (χ0v) is 10.9. The quantitative estimate of drug-likeness (QED) is 0.509. The lowest BCUT2D eigenvalue weighted by Gasteiger charge is -2.29. The Morgan fingerprint density at radius 3 is 2.76 bits per heavy atom. The van der Waals surface area contributed by atoms with Gasteiger partial charge in [0.2, 0.25) is 5.91 Å². The van der Waals surface area contributed by atoms with Gasteiger partial charge in [-0.25, -0.2) is 0 Å². The molecule has 4 heteroatoms. The summed E-state index contributed by atoms with van der Waals surface area (Å²) in [6, 6.07) is 0.228. The Morgan fingerprint density at radius 1 is 1.41 bits per heavy atom. The van der Waals surface area contributed by atoms with Crippen LogP contribution in [0, 0.1) is 0 Å². The molecule has 1 fully saturated rings. The van der Waals surface area contributed by atoms with Crippen LogP contribution < -0.4 is 10.6 Å². The molecule has 1 aliphatic rings. The lowest BCUT2D eigenvalue weighted by atomic mass is 10.1. The number of piperidine rings is 1. The highest BCUT2D eigenvalue weighted by atomic mass is 16.1. The van der Waals surface area contributed by atoms with E-state index in [-0.39, 0.29) is 11.9 Å². The minimum absolute atomic E-state index is 0.0661. The maximum Gasteiger partial charge on any atom is 0.234 e. The summed E-state index contributed by atoms with van der Waals surface area (Å²) in [6.45, 7) is 10.0. The van der Waals surface area contributed by atoms with E-state index in [9.17, 15) is 4.79 Å². The second kappa shape index (κ2) is 8.25. The Hall–Kier alpha value is -0.870. The van der Waals surface area contributed by atoms with Crippen LogP contribution in [-0.4, -0.2) is 49.6 Å². The number of carbonyl (C=O) groups excluding carboxylic acids is 1. The summed E-state index contributed by atoms with van der Waals surface area (Å²) in [7, 11) is 0. The fraction of sp³-hybridized carbons (Fsp3) is 0.769. The number of hydrogen-bond acceptors (Lipinski definition) is 3. The first-order valence-corrected chi connectivity index (χ1v) is 6.55. The van der Waals surface area contributed by atoms with Crippen molar-refractivity contribution in [3.63, 3.8) is 0 Å². The van der Waals surface area contributed by atoms with Gasteiger partial charge in [-0.2, -0.15) is 0 Å². The van der Waals surface area contributed by atoms with Gasteiger partial charge in [0.15, 0.2) is 0 Å². The first-order valence-electron chi connectivity index (χ1n) is 6.55. The summed E-state index contributed by atoms with van der Waals surface area (Å²) in [5.74, 6) is 0.0661.